The molecular formula is C14H20N2. The van der Waals surface area contributed by atoms with Gasteiger partial charge in [0, 0.05) is 24.3 Å². The van der Waals surface area contributed by atoms with Crippen molar-refractivity contribution in [1.29, 1.82) is 0 Å². The Balaban J connectivity index is 1.83. The van der Waals surface area contributed by atoms with Crippen LogP contribution >= 0.6 is 0 Å². The summed E-state index contributed by atoms with van der Waals surface area (Å²) in [6.07, 6.45) is 4.17. The van der Waals surface area contributed by atoms with Gasteiger partial charge in [-0.1, -0.05) is 24.6 Å². The van der Waals surface area contributed by atoms with Crippen molar-refractivity contribution in [3.8, 4) is 0 Å². The van der Waals surface area contributed by atoms with Crippen molar-refractivity contribution < 1.29 is 0 Å². The predicted octanol–water partition coefficient (Wildman–Crippen LogP) is 2.71. The fourth-order valence-electron chi connectivity index (χ4n) is 3.21. The number of piperidine rings is 1. The van der Waals surface area contributed by atoms with Crippen LogP contribution in [-0.2, 0) is 0 Å². The Labute approximate surface area is 97.9 Å². The molecule has 86 valence electrons. The summed E-state index contributed by atoms with van der Waals surface area (Å²) in [5, 5.41) is 0. The summed E-state index contributed by atoms with van der Waals surface area (Å²) in [5.41, 5.74) is 1.38. The largest absolute Gasteiger partial charge is 0.354 e. The molecule has 2 heterocycles. The molecule has 0 radical (unpaired) electrons. The Morgan fingerprint density at radius 2 is 1.94 bits per heavy atom. The average Bonchev–Trinajstić information content (AvgIpc) is 2.69. The molecule has 0 saturated carbocycles. The summed E-state index contributed by atoms with van der Waals surface area (Å²) >= 11 is 0. The topological polar surface area (TPSA) is 6.48 Å². The van der Waals surface area contributed by atoms with E-state index in [0.717, 1.165) is 12.7 Å². The van der Waals surface area contributed by atoms with E-state index in [2.05, 4.69) is 47.1 Å². The quantitative estimate of drug-likeness (QED) is 0.712. The van der Waals surface area contributed by atoms with Crippen LogP contribution in [0, 0.1) is 0 Å². The molecule has 2 nitrogen and oxygen atoms in total. The molecule has 1 aromatic carbocycles. The highest BCUT2D eigenvalue weighted by molar-refractivity contribution is 5.48. The van der Waals surface area contributed by atoms with Crippen LogP contribution in [0.4, 0.5) is 5.69 Å². The van der Waals surface area contributed by atoms with E-state index >= 15 is 0 Å². The van der Waals surface area contributed by atoms with Gasteiger partial charge in [-0.05, 0) is 31.9 Å². The van der Waals surface area contributed by atoms with Crippen LogP contribution in [0.2, 0.25) is 0 Å². The molecule has 2 saturated heterocycles. The lowest BCUT2D eigenvalue weighted by molar-refractivity contribution is 0.191. The summed E-state index contributed by atoms with van der Waals surface area (Å²) in [6, 6.07) is 12.3. The third kappa shape index (κ3) is 1.61. The maximum atomic E-state index is 2.65. The Bertz CT molecular complexity index is 349. The summed E-state index contributed by atoms with van der Waals surface area (Å²) in [4.78, 5) is 5.21. The molecule has 0 amide bonds. The maximum absolute atomic E-state index is 2.65. The van der Waals surface area contributed by atoms with Crippen molar-refractivity contribution >= 4 is 5.69 Å². The van der Waals surface area contributed by atoms with Gasteiger partial charge in [0.05, 0.1) is 6.67 Å². The van der Waals surface area contributed by atoms with Crippen LogP contribution < -0.4 is 4.90 Å². The van der Waals surface area contributed by atoms with Crippen LogP contribution in [0.25, 0.3) is 0 Å². The van der Waals surface area contributed by atoms with Gasteiger partial charge in [-0.2, -0.15) is 0 Å². The molecule has 16 heavy (non-hydrogen) atoms. The molecule has 0 aliphatic carbocycles. The van der Waals surface area contributed by atoms with E-state index < -0.39 is 0 Å². The highest BCUT2D eigenvalue weighted by Crippen LogP contribution is 2.32. The molecule has 2 aliphatic rings. The van der Waals surface area contributed by atoms with Crippen molar-refractivity contribution in [2.24, 2.45) is 0 Å². The van der Waals surface area contributed by atoms with E-state index in [-0.39, 0.29) is 0 Å². The first kappa shape index (κ1) is 10.2. The summed E-state index contributed by atoms with van der Waals surface area (Å²) in [6.45, 7) is 4.79. The van der Waals surface area contributed by atoms with Gasteiger partial charge in [0.25, 0.3) is 0 Å². The number of benzene rings is 1. The second-order valence-electron chi connectivity index (χ2n) is 5.06. The lowest BCUT2D eigenvalue weighted by atomic mass is 9.99. The molecule has 0 aromatic heterocycles. The highest BCUT2D eigenvalue weighted by Gasteiger charge is 2.38. The lowest BCUT2D eigenvalue weighted by Crippen LogP contribution is -2.38. The molecule has 2 heteroatoms. The minimum Gasteiger partial charge on any atom is -0.354 e. The first-order valence-corrected chi connectivity index (χ1v) is 6.42. The molecule has 0 bridgehead atoms. The van der Waals surface area contributed by atoms with E-state index in [1.165, 1.54) is 31.5 Å². The molecule has 1 aromatic rings. The predicted molar refractivity (Wildman–Crippen MR) is 67.6 cm³/mol. The van der Waals surface area contributed by atoms with E-state index in [1.54, 1.807) is 0 Å². The van der Waals surface area contributed by atoms with Gasteiger partial charge in [-0.15, -0.1) is 0 Å². The Kier molecular flexibility index (Phi) is 2.60. The number of hydrogen-bond donors (Lipinski definition) is 0. The normalized spacial score (nSPS) is 30.4. The first-order valence-electron chi connectivity index (χ1n) is 6.42. The maximum Gasteiger partial charge on any atom is 0.0713 e. The van der Waals surface area contributed by atoms with Gasteiger partial charge in [0.2, 0.25) is 0 Å². The number of fused-ring (bicyclic) bond motifs is 1. The van der Waals surface area contributed by atoms with E-state index in [9.17, 15) is 0 Å². The Hall–Kier alpha value is -1.02. The van der Waals surface area contributed by atoms with E-state index in [4.69, 9.17) is 0 Å². The van der Waals surface area contributed by atoms with Gasteiger partial charge in [-0.3, -0.25) is 4.90 Å². The van der Waals surface area contributed by atoms with E-state index in [0.29, 0.717) is 6.04 Å². The number of nitrogens with zero attached hydrogens (tertiary/aromatic N) is 2. The first-order chi connectivity index (χ1) is 7.86. The zero-order valence-electron chi connectivity index (χ0n) is 9.97. The van der Waals surface area contributed by atoms with Gasteiger partial charge < -0.3 is 4.90 Å². The molecule has 2 atom stereocenters. The molecule has 0 spiro atoms. The fraction of sp³-hybridized carbons (Fsp3) is 0.571. The number of para-hydroxylation sites is 1. The molecule has 3 rings (SSSR count). The SMILES string of the molecule is C[C@H]1[C@@H]2CCCCN2CN1c1ccccc1. The standard InChI is InChI=1S/C14H20N2/c1-12-14-9-5-6-10-15(14)11-16(12)13-7-3-2-4-8-13/h2-4,7-8,12,14H,5-6,9-11H2,1H3/t12-,14-/m0/s1. The summed E-state index contributed by atoms with van der Waals surface area (Å²) in [5.74, 6) is 0. The summed E-state index contributed by atoms with van der Waals surface area (Å²) in [7, 11) is 0. The molecular weight excluding hydrogens is 196 g/mol. The van der Waals surface area contributed by atoms with Crippen LogP contribution in [0.1, 0.15) is 26.2 Å². The van der Waals surface area contributed by atoms with Gasteiger partial charge >= 0.3 is 0 Å². The van der Waals surface area contributed by atoms with Crippen molar-refractivity contribution in [1.82, 2.24) is 4.90 Å². The van der Waals surface area contributed by atoms with Gasteiger partial charge in [0.1, 0.15) is 0 Å². The lowest BCUT2D eigenvalue weighted by Gasteiger charge is -2.29. The van der Waals surface area contributed by atoms with Crippen LogP contribution in [0.15, 0.2) is 30.3 Å². The second-order valence-corrected chi connectivity index (χ2v) is 5.06. The smallest absolute Gasteiger partial charge is 0.0713 e. The van der Waals surface area contributed by atoms with Crippen LogP contribution in [0.5, 0.6) is 0 Å². The second kappa shape index (κ2) is 4.10. The average molecular weight is 216 g/mol. The van der Waals surface area contributed by atoms with Crippen LogP contribution in [-0.4, -0.2) is 30.2 Å². The Morgan fingerprint density at radius 3 is 2.69 bits per heavy atom. The number of hydrogen-bond acceptors (Lipinski definition) is 2. The Morgan fingerprint density at radius 1 is 1.12 bits per heavy atom. The third-order valence-electron chi connectivity index (χ3n) is 4.13. The van der Waals surface area contributed by atoms with Crippen LogP contribution in [0.3, 0.4) is 0 Å². The third-order valence-corrected chi connectivity index (χ3v) is 4.13. The van der Waals surface area contributed by atoms with Crippen molar-refractivity contribution in [3.63, 3.8) is 0 Å². The minimum absolute atomic E-state index is 0.669. The fourth-order valence-corrected chi connectivity index (χ4v) is 3.21. The van der Waals surface area contributed by atoms with E-state index in [1.807, 2.05) is 0 Å². The number of anilines is 1. The molecule has 0 N–H and O–H groups in total. The molecule has 0 unspecified atom stereocenters. The highest BCUT2D eigenvalue weighted by atomic mass is 15.4. The zero-order chi connectivity index (χ0) is 11.0. The zero-order valence-corrected chi connectivity index (χ0v) is 9.97. The van der Waals surface area contributed by atoms with Crippen molar-refractivity contribution in [2.45, 2.75) is 38.3 Å². The number of rotatable bonds is 1. The monoisotopic (exact) mass is 216 g/mol. The van der Waals surface area contributed by atoms with Gasteiger partial charge in [0.15, 0.2) is 0 Å². The van der Waals surface area contributed by atoms with Crippen molar-refractivity contribution in [3.05, 3.63) is 30.3 Å². The summed E-state index contributed by atoms with van der Waals surface area (Å²) < 4.78 is 0. The minimum atomic E-state index is 0.669. The van der Waals surface area contributed by atoms with Crippen molar-refractivity contribution in [2.75, 3.05) is 18.1 Å². The molecule has 2 fully saturated rings. The molecule has 2 aliphatic heterocycles. The van der Waals surface area contributed by atoms with Gasteiger partial charge in [-0.25, -0.2) is 0 Å².